The highest BCUT2D eigenvalue weighted by atomic mass is 19.4. The molecule has 3 aromatic carbocycles. The number of anilines is 2. The van der Waals surface area contributed by atoms with E-state index in [1.54, 1.807) is 43.3 Å². The maximum absolute atomic E-state index is 12.6. The van der Waals surface area contributed by atoms with Gasteiger partial charge in [0, 0.05) is 16.9 Å². The molecule has 3 rings (SSSR count). The summed E-state index contributed by atoms with van der Waals surface area (Å²) < 4.78 is 51.0. The molecule has 0 aliphatic carbocycles. The molecule has 0 bridgehead atoms. The molecule has 0 spiro atoms. The van der Waals surface area contributed by atoms with E-state index in [1.165, 1.54) is 12.1 Å². The van der Waals surface area contributed by atoms with Crippen LogP contribution >= 0.6 is 0 Å². The number of nitrogen functional groups attached to an aromatic ring is 2. The van der Waals surface area contributed by atoms with Crippen LogP contribution in [-0.2, 0) is 9.53 Å². The third-order valence-electron chi connectivity index (χ3n) is 4.59. The van der Waals surface area contributed by atoms with E-state index >= 15 is 0 Å². The zero-order valence-electron chi connectivity index (χ0n) is 18.5. The van der Waals surface area contributed by atoms with Crippen molar-refractivity contribution in [2.45, 2.75) is 13.3 Å². The highest BCUT2D eigenvalue weighted by molar-refractivity contribution is 6.23. The number of alkyl halides is 3. The lowest BCUT2D eigenvalue weighted by Crippen LogP contribution is -2.17. The summed E-state index contributed by atoms with van der Waals surface area (Å²) in [5.41, 5.74) is 13.9. The fourth-order valence-corrected chi connectivity index (χ4v) is 3.02. The van der Waals surface area contributed by atoms with E-state index in [0.29, 0.717) is 22.5 Å². The number of esters is 2. The minimum Gasteiger partial charge on any atom is -0.462 e. The van der Waals surface area contributed by atoms with Gasteiger partial charge in [0.15, 0.2) is 0 Å². The summed E-state index contributed by atoms with van der Waals surface area (Å²) in [6, 6.07) is 15.3. The summed E-state index contributed by atoms with van der Waals surface area (Å²) in [4.78, 5) is 24.9. The molecule has 0 unspecified atom stereocenters. The maximum Gasteiger partial charge on any atom is 0.573 e. The number of rotatable bonds is 7. The predicted molar refractivity (Wildman–Crippen MR) is 124 cm³/mol. The Morgan fingerprint density at radius 3 is 2.14 bits per heavy atom. The van der Waals surface area contributed by atoms with Gasteiger partial charge in [-0.25, -0.2) is 9.59 Å². The molecule has 182 valence electrons. The van der Waals surface area contributed by atoms with Crippen molar-refractivity contribution >= 4 is 35.0 Å². The third-order valence-corrected chi connectivity index (χ3v) is 4.59. The van der Waals surface area contributed by atoms with Crippen LogP contribution in [-0.4, -0.2) is 24.9 Å². The number of hydrogen-bond donors (Lipinski definition) is 2. The van der Waals surface area contributed by atoms with Gasteiger partial charge >= 0.3 is 18.3 Å². The van der Waals surface area contributed by atoms with Gasteiger partial charge in [-0.2, -0.15) is 0 Å². The predicted octanol–water partition coefficient (Wildman–Crippen LogP) is 5.07. The minimum atomic E-state index is -4.83. The molecule has 0 saturated carbocycles. The quantitative estimate of drug-likeness (QED) is 0.158. The van der Waals surface area contributed by atoms with E-state index in [2.05, 4.69) is 4.74 Å². The van der Waals surface area contributed by atoms with Crippen LogP contribution in [0.1, 0.15) is 28.4 Å². The van der Waals surface area contributed by atoms with Gasteiger partial charge in [0.25, 0.3) is 0 Å². The summed E-state index contributed by atoms with van der Waals surface area (Å²) in [5, 5.41) is 0. The minimum absolute atomic E-state index is 0.0326. The number of hydrogen-bond acceptors (Lipinski definition) is 7. The second kappa shape index (κ2) is 10.6. The fraction of sp³-hybridized carbons (Fsp3) is 0.120. The van der Waals surface area contributed by atoms with Gasteiger partial charge in [0.2, 0.25) is 0 Å². The molecule has 0 aromatic heterocycles. The van der Waals surface area contributed by atoms with E-state index in [1.807, 2.05) is 0 Å². The number of nitrogens with two attached hydrogens (primary N) is 2. The van der Waals surface area contributed by atoms with Crippen molar-refractivity contribution < 1.29 is 37.0 Å². The standard InChI is InChI=1S/C25H21F3N2O5/c1-2-33-24(32)21(20-14-17(29)7-12-22(20)30)13-15-3-8-18(9-4-15)34-23(31)16-5-10-19(11-6-16)35-25(26,27)28/h3-14H,2,29-30H2,1H3. The van der Waals surface area contributed by atoms with Crippen LogP contribution in [0.2, 0.25) is 0 Å². The lowest BCUT2D eigenvalue weighted by Gasteiger charge is -2.11. The van der Waals surface area contributed by atoms with E-state index in [0.717, 1.165) is 24.3 Å². The number of halogens is 3. The molecule has 4 N–H and O–H groups in total. The monoisotopic (exact) mass is 486 g/mol. The van der Waals surface area contributed by atoms with Crippen molar-refractivity contribution in [3.05, 3.63) is 83.4 Å². The third kappa shape index (κ3) is 7.00. The Labute approximate surface area is 198 Å². The van der Waals surface area contributed by atoms with Crippen molar-refractivity contribution in [2.75, 3.05) is 18.1 Å². The Balaban J connectivity index is 1.78. The first-order valence-electron chi connectivity index (χ1n) is 10.3. The maximum atomic E-state index is 12.6. The Hall–Kier alpha value is -4.47. The van der Waals surface area contributed by atoms with Crippen molar-refractivity contribution in [1.82, 2.24) is 0 Å². The average molecular weight is 486 g/mol. The van der Waals surface area contributed by atoms with Crippen LogP contribution in [0.5, 0.6) is 11.5 Å². The van der Waals surface area contributed by atoms with Crippen LogP contribution in [0, 0.1) is 0 Å². The lowest BCUT2D eigenvalue weighted by atomic mass is 10.0. The summed E-state index contributed by atoms with van der Waals surface area (Å²) in [6.45, 7) is 1.84. The molecule has 0 fully saturated rings. The van der Waals surface area contributed by atoms with E-state index < -0.39 is 24.1 Å². The molecule has 7 nitrogen and oxygen atoms in total. The molecule has 3 aromatic rings. The van der Waals surface area contributed by atoms with Crippen LogP contribution in [0.25, 0.3) is 11.6 Å². The van der Waals surface area contributed by atoms with Crippen LogP contribution in [0.4, 0.5) is 24.5 Å². The van der Waals surface area contributed by atoms with Crippen LogP contribution < -0.4 is 20.9 Å². The highest BCUT2D eigenvalue weighted by Crippen LogP contribution is 2.28. The number of benzene rings is 3. The van der Waals surface area contributed by atoms with Crippen LogP contribution in [0.3, 0.4) is 0 Å². The average Bonchev–Trinajstić information content (AvgIpc) is 2.80. The largest absolute Gasteiger partial charge is 0.573 e. The molecule has 35 heavy (non-hydrogen) atoms. The molecule has 0 radical (unpaired) electrons. The Morgan fingerprint density at radius 2 is 1.54 bits per heavy atom. The first-order chi connectivity index (χ1) is 16.6. The smallest absolute Gasteiger partial charge is 0.462 e. The molecule has 10 heteroatoms. The Bertz CT molecular complexity index is 1240. The van der Waals surface area contributed by atoms with Gasteiger partial charge in [-0.05, 0) is 73.2 Å². The first-order valence-corrected chi connectivity index (χ1v) is 10.3. The van der Waals surface area contributed by atoms with Crippen LogP contribution in [0.15, 0.2) is 66.7 Å². The zero-order chi connectivity index (χ0) is 25.6. The van der Waals surface area contributed by atoms with Gasteiger partial charge in [0.05, 0.1) is 17.7 Å². The number of carbonyl (C=O) groups excluding carboxylic acids is 2. The molecule has 0 aliphatic rings. The van der Waals surface area contributed by atoms with Gasteiger partial charge in [-0.3, -0.25) is 0 Å². The summed E-state index contributed by atoms with van der Waals surface area (Å²) >= 11 is 0. The van der Waals surface area contributed by atoms with E-state index in [4.69, 9.17) is 20.9 Å². The molecular formula is C25H21F3N2O5. The summed E-state index contributed by atoms with van der Waals surface area (Å²) in [5.74, 6) is -1.63. The van der Waals surface area contributed by atoms with Crippen molar-refractivity contribution in [3.8, 4) is 11.5 Å². The number of carbonyl (C=O) groups is 2. The Morgan fingerprint density at radius 1 is 0.914 bits per heavy atom. The number of ether oxygens (including phenoxy) is 3. The molecule has 0 saturated heterocycles. The van der Waals surface area contributed by atoms with Crippen molar-refractivity contribution in [3.63, 3.8) is 0 Å². The van der Waals surface area contributed by atoms with E-state index in [9.17, 15) is 22.8 Å². The summed E-state index contributed by atoms with van der Waals surface area (Å²) in [6.07, 6.45) is -3.27. The van der Waals surface area contributed by atoms with Gasteiger partial charge < -0.3 is 25.7 Å². The van der Waals surface area contributed by atoms with Gasteiger partial charge in [-0.15, -0.1) is 13.2 Å². The normalized spacial score (nSPS) is 11.6. The van der Waals surface area contributed by atoms with E-state index in [-0.39, 0.29) is 23.5 Å². The summed E-state index contributed by atoms with van der Waals surface area (Å²) in [7, 11) is 0. The Kier molecular flexibility index (Phi) is 7.65. The topological polar surface area (TPSA) is 114 Å². The molecular weight excluding hydrogens is 465 g/mol. The molecule has 0 atom stereocenters. The van der Waals surface area contributed by atoms with Crippen molar-refractivity contribution in [1.29, 1.82) is 0 Å². The second-order valence-corrected chi connectivity index (χ2v) is 7.16. The molecule has 0 aliphatic heterocycles. The zero-order valence-corrected chi connectivity index (χ0v) is 18.5. The highest BCUT2D eigenvalue weighted by Gasteiger charge is 2.31. The first kappa shape index (κ1) is 25.2. The molecule has 0 amide bonds. The van der Waals surface area contributed by atoms with Crippen molar-refractivity contribution in [2.24, 2.45) is 0 Å². The van der Waals surface area contributed by atoms with Gasteiger partial charge in [0.1, 0.15) is 11.5 Å². The molecule has 0 heterocycles. The second-order valence-electron chi connectivity index (χ2n) is 7.16. The lowest BCUT2D eigenvalue weighted by molar-refractivity contribution is -0.274. The fourth-order valence-electron chi connectivity index (χ4n) is 3.02. The van der Waals surface area contributed by atoms with Gasteiger partial charge in [-0.1, -0.05) is 12.1 Å². The SMILES string of the molecule is CCOC(=O)C(=Cc1ccc(OC(=O)c2ccc(OC(F)(F)F)cc2)cc1)c1cc(N)ccc1N.